The lowest BCUT2D eigenvalue weighted by atomic mass is 10.2. The molecule has 1 aromatic rings. The molecule has 2 heterocycles. The Hall–Kier alpha value is -1.03. The number of carbonyl (C=O) groups excluding carboxylic acids is 1. The maximum atomic E-state index is 11.9. The number of nitriles is 1. The molecule has 1 aliphatic heterocycles. The maximum absolute atomic E-state index is 11.9. The quantitative estimate of drug-likeness (QED) is 0.858. The molecule has 1 aliphatic rings. The van der Waals surface area contributed by atoms with Gasteiger partial charge in [0, 0.05) is 16.5 Å². The monoisotopic (exact) mass is 267 g/mol. The molecule has 1 fully saturated rings. The molecule has 0 spiro atoms. The molecule has 1 saturated heterocycles. The fraction of sp³-hybridized carbons (Fsp3) is 0.455. The number of amides is 1. The van der Waals surface area contributed by atoms with Crippen LogP contribution in [0.5, 0.6) is 0 Å². The van der Waals surface area contributed by atoms with Crippen molar-refractivity contribution in [3.8, 4) is 6.07 Å². The van der Waals surface area contributed by atoms with Gasteiger partial charge in [-0.25, -0.2) is 0 Å². The van der Waals surface area contributed by atoms with E-state index in [2.05, 4.69) is 16.7 Å². The number of rotatable bonds is 2. The molecule has 1 amide bonds. The molecule has 1 atom stereocenters. The number of thiophene rings is 1. The third kappa shape index (κ3) is 2.46. The van der Waals surface area contributed by atoms with Crippen LogP contribution in [0.15, 0.2) is 0 Å². The number of anilines is 1. The third-order valence-corrected chi connectivity index (χ3v) is 4.83. The molecular formula is C11H13N3OS2. The number of nitrogens with zero attached hydrogens (tertiary/aromatic N) is 1. The average Bonchev–Trinajstić information content (AvgIpc) is 2.89. The maximum Gasteiger partial charge on any atom is 0.243 e. The van der Waals surface area contributed by atoms with Crippen LogP contribution in [0.3, 0.4) is 0 Å². The van der Waals surface area contributed by atoms with Crippen molar-refractivity contribution in [1.82, 2.24) is 5.32 Å². The second-order valence-electron chi connectivity index (χ2n) is 3.86. The van der Waals surface area contributed by atoms with Gasteiger partial charge in [0.2, 0.25) is 5.91 Å². The SMILES string of the molecule is Cc1sc(NC(=O)C2CSCN2)c(C#N)c1C. The Morgan fingerprint density at radius 2 is 2.35 bits per heavy atom. The van der Waals surface area contributed by atoms with Crippen LogP contribution in [0.25, 0.3) is 0 Å². The summed E-state index contributed by atoms with van der Waals surface area (Å²) in [4.78, 5) is 13.0. The smallest absolute Gasteiger partial charge is 0.243 e. The summed E-state index contributed by atoms with van der Waals surface area (Å²) in [7, 11) is 0. The molecule has 90 valence electrons. The van der Waals surface area contributed by atoms with Crippen molar-refractivity contribution in [2.75, 3.05) is 16.9 Å². The summed E-state index contributed by atoms with van der Waals surface area (Å²) in [5.74, 6) is 1.55. The largest absolute Gasteiger partial charge is 0.315 e. The molecule has 1 unspecified atom stereocenters. The fourth-order valence-electron chi connectivity index (χ4n) is 1.61. The van der Waals surface area contributed by atoms with Crippen molar-refractivity contribution >= 4 is 34.0 Å². The van der Waals surface area contributed by atoms with Gasteiger partial charge in [-0.05, 0) is 19.4 Å². The summed E-state index contributed by atoms with van der Waals surface area (Å²) in [5, 5.41) is 15.7. The molecule has 17 heavy (non-hydrogen) atoms. The van der Waals surface area contributed by atoms with Crippen molar-refractivity contribution in [1.29, 1.82) is 5.26 Å². The number of carbonyl (C=O) groups is 1. The van der Waals surface area contributed by atoms with Crippen LogP contribution in [0, 0.1) is 25.2 Å². The summed E-state index contributed by atoms with van der Waals surface area (Å²) < 4.78 is 0. The molecule has 6 heteroatoms. The van der Waals surface area contributed by atoms with Crippen LogP contribution in [-0.2, 0) is 4.79 Å². The van der Waals surface area contributed by atoms with Crippen molar-refractivity contribution in [3.63, 3.8) is 0 Å². The zero-order valence-corrected chi connectivity index (χ0v) is 11.3. The van der Waals surface area contributed by atoms with E-state index >= 15 is 0 Å². The van der Waals surface area contributed by atoms with E-state index in [0.29, 0.717) is 10.6 Å². The van der Waals surface area contributed by atoms with Gasteiger partial charge in [-0.1, -0.05) is 0 Å². The van der Waals surface area contributed by atoms with Crippen LogP contribution >= 0.6 is 23.1 Å². The van der Waals surface area contributed by atoms with Crippen molar-refractivity contribution in [2.24, 2.45) is 0 Å². The first-order valence-electron chi connectivity index (χ1n) is 5.25. The summed E-state index contributed by atoms with van der Waals surface area (Å²) >= 11 is 3.17. The Morgan fingerprint density at radius 3 is 2.94 bits per heavy atom. The number of aryl methyl sites for hydroxylation is 1. The van der Waals surface area contributed by atoms with E-state index in [-0.39, 0.29) is 11.9 Å². The van der Waals surface area contributed by atoms with E-state index in [1.165, 1.54) is 11.3 Å². The van der Waals surface area contributed by atoms with Gasteiger partial charge in [-0.15, -0.1) is 23.1 Å². The third-order valence-electron chi connectivity index (χ3n) is 2.77. The molecule has 2 rings (SSSR count). The van der Waals surface area contributed by atoms with Gasteiger partial charge in [-0.2, -0.15) is 5.26 Å². The first kappa shape index (κ1) is 12.4. The highest BCUT2D eigenvalue weighted by atomic mass is 32.2. The van der Waals surface area contributed by atoms with Crippen molar-refractivity contribution in [2.45, 2.75) is 19.9 Å². The lowest BCUT2D eigenvalue weighted by Crippen LogP contribution is -2.37. The second-order valence-corrected chi connectivity index (χ2v) is 6.12. The summed E-state index contributed by atoms with van der Waals surface area (Å²) in [6.07, 6.45) is 0. The Kier molecular flexibility index (Phi) is 3.72. The predicted molar refractivity (Wildman–Crippen MR) is 71.4 cm³/mol. The number of nitrogens with one attached hydrogen (secondary N) is 2. The highest BCUT2D eigenvalue weighted by molar-refractivity contribution is 7.99. The van der Waals surface area contributed by atoms with Gasteiger partial charge in [0.25, 0.3) is 0 Å². The van der Waals surface area contributed by atoms with Crippen molar-refractivity contribution < 1.29 is 4.79 Å². The molecule has 0 radical (unpaired) electrons. The van der Waals surface area contributed by atoms with Gasteiger partial charge in [-0.3, -0.25) is 10.1 Å². The zero-order chi connectivity index (χ0) is 12.4. The number of thioether (sulfide) groups is 1. The van der Waals surface area contributed by atoms with Crippen LogP contribution in [0.4, 0.5) is 5.00 Å². The number of hydrogen-bond donors (Lipinski definition) is 2. The molecule has 0 bridgehead atoms. The molecule has 1 aromatic heterocycles. The number of hydrogen-bond acceptors (Lipinski definition) is 5. The van der Waals surface area contributed by atoms with Crippen LogP contribution in [-0.4, -0.2) is 23.6 Å². The fourth-order valence-corrected chi connectivity index (χ4v) is 3.57. The highest BCUT2D eigenvalue weighted by Crippen LogP contribution is 2.31. The second kappa shape index (κ2) is 5.08. The average molecular weight is 267 g/mol. The Morgan fingerprint density at radius 1 is 1.59 bits per heavy atom. The minimum absolute atomic E-state index is 0.0484. The molecular weight excluding hydrogens is 254 g/mol. The van der Waals surface area contributed by atoms with E-state index in [9.17, 15) is 4.79 Å². The van der Waals surface area contributed by atoms with Crippen LogP contribution < -0.4 is 10.6 Å². The van der Waals surface area contributed by atoms with E-state index in [4.69, 9.17) is 5.26 Å². The first-order chi connectivity index (χ1) is 8.13. The van der Waals surface area contributed by atoms with E-state index in [1.807, 2.05) is 13.8 Å². The Labute approximate surface area is 108 Å². The lowest BCUT2D eigenvalue weighted by molar-refractivity contribution is -0.117. The van der Waals surface area contributed by atoms with Gasteiger partial charge >= 0.3 is 0 Å². The normalized spacial score (nSPS) is 19.0. The van der Waals surface area contributed by atoms with Crippen molar-refractivity contribution in [3.05, 3.63) is 16.0 Å². The van der Waals surface area contributed by atoms with Gasteiger partial charge in [0.05, 0.1) is 11.6 Å². The van der Waals surface area contributed by atoms with E-state index in [0.717, 1.165) is 22.1 Å². The van der Waals surface area contributed by atoms with Crippen LogP contribution in [0.1, 0.15) is 16.0 Å². The lowest BCUT2D eigenvalue weighted by Gasteiger charge is -2.09. The molecule has 4 nitrogen and oxygen atoms in total. The standard InChI is InChI=1S/C11H13N3OS2/c1-6-7(2)17-11(8(6)3-12)14-10(15)9-4-16-5-13-9/h9,13H,4-5H2,1-2H3,(H,14,15). The Balaban J connectivity index is 2.16. The van der Waals surface area contributed by atoms with Gasteiger partial charge < -0.3 is 5.32 Å². The van der Waals surface area contributed by atoms with Crippen LogP contribution in [0.2, 0.25) is 0 Å². The van der Waals surface area contributed by atoms with Gasteiger partial charge in [0.15, 0.2) is 0 Å². The minimum atomic E-state index is -0.144. The van der Waals surface area contributed by atoms with E-state index in [1.54, 1.807) is 11.8 Å². The predicted octanol–water partition coefficient (Wildman–Crippen LogP) is 1.84. The topological polar surface area (TPSA) is 64.9 Å². The summed E-state index contributed by atoms with van der Waals surface area (Å²) in [5.41, 5.74) is 1.55. The molecule has 2 N–H and O–H groups in total. The highest BCUT2D eigenvalue weighted by Gasteiger charge is 2.24. The molecule has 0 aromatic carbocycles. The molecule has 0 saturated carbocycles. The van der Waals surface area contributed by atoms with Gasteiger partial charge in [0.1, 0.15) is 11.1 Å². The summed E-state index contributed by atoms with van der Waals surface area (Å²) in [6, 6.07) is 2.01. The first-order valence-corrected chi connectivity index (χ1v) is 7.22. The Bertz CT molecular complexity index is 484. The minimum Gasteiger partial charge on any atom is -0.315 e. The van der Waals surface area contributed by atoms with E-state index < -0.39 is 0 Å². The summed E-state index contributed by atoms with van der Waals surface area (Å²) in [6.45, 7) is 3.86. The zero-order valence-electron chi connectivity index (χ0n) is 9.66. The molecule has 0 aliphatic carbocycles.